The first-order chi connectivity index (χ1) is 9.30. The number of nitrogens with one attached hydrogen (secondary N) is 1. The van der Waals surface area contributed by atoms with Crippen molar-refractivity contribution < 1.29 is 5.11 Å². The molecule has 2 aromatic rings. The normalized spacial score (nSPS) is 24.1. The van der Waals surface area contributed by atoms with Gasteiger partial charge in [-0.15, -0.1) is 5.10 Å². The fourth-order valence-corrected chi connectivity index (χ4v) is 2.62. The maximum absolute atomic E-state index is 10.9. The summed E-state index contributed by atoms with van der Waals surface area (Å²) >= 11 is 0. The summed E-state index contributed by atoms with van der Waals surface area (Å²) in [6, 6.07) is 9.82. The van der Waals surface area contributed by atoms with Gasteiger partial charge in [0.15, 0.2) is 0 Å². The van der Waals surface area contributed by atoms with Gasteiger partial charge >= 0.3 is 0 Å². The molecule has 0 aliphatic carbocycles. The van der Waals surface area contributed by atoms with Crippen molar-refractivity contribution in [2.45, 2.75) is 24.9 Å². The van der Waals surface area contributed by atoms with Crippen molar-refractivity contribution in [3.05, 3.63) is 42.2 Å². The van der Waals surface area contributed by atoms with Crippen molar-refractivity contribution in [2.24, 2.45) is 0 Å². The van der Waals surface area contributed by atoms with Gasteiger partial charge in [-0.05, 0) is 44.5 Å². The molecule has 3 rings (SSSR count). The monoisotopic (exact) mass is 258 g/mol. The lowest BCUT2D eigenvalue weighted by molar-refractivity contribution is 0.0174. The lowest BCUT2D eigenvalue weighted by atomic mass is 9.91. The Balaban J connectivity index is 1.99. The maximum atomic E-state index is 10.9. The minimum atomic E-state index is -0.844. The predicted octanol–water partition coefficient (Wildman–Crippen LogP) is 1.23. The Labute approximate surface area is 112 Å². The largest absolute Gasteiger partial charge is 0.383 e. The average Bonchev–Trinajstić information content (AvgIpc) is 2.84. The van der Waals surface area contributed by atoms with Gasteiger partial charge in [0.2, 0.25) is 0 Å². The van der Waals surface area contributed by atoms with Gasteiger partial charge in [0, 0.05) is 0 Å². The van der Waals surface area contributed by atoms with Crippen molar-refractivity contribution in [3.63, 3.8) is 0 Å². The summed E-state index contributed by atoms with van der Waals surface area (Å²) in [4.78, 5) is 0. The van der Waals surface area contributed by atoms with E-state index < -0.39 is 5.60 Å². The number of benzene rings is 1. The second kappa shape index (κ2) is 5.11. The topological polar surface area (TPSA) is 63.0 Å². The van der Waals surface area contributed by atoms with Crippen LogP contribution in [-0.2, 0) is 5.60 Å². The van der Waals surface area contributed by atoms with Crippen LogP contribution < -0.4 is 5.32 Å². The summed E-state index contributed by atoms with van der Waals surface area (Å²) in [7, 11) is 0. The molecule has 2 N–H and O–H groups in total. The molecule has 1 atom stereocenters. The highest BCUT2D eigenvalue weighted by Gasteiger charge is 2.34. The first kappa shape index (κ1) is 12.3. The van der Waals surface area contributed by atoms with E-state index in [1.54, 1.807) is 10.9 Å². The SMILES string of the molecule is OC1(c2cnnn2-c2ccccc2)CCCNCC1. The molecule has 0 saturated carbocycles. The molecular formula is C14H18N4O. The van der Waals surface area contributed by atoms with Crippen LogP contribution in [0.25, 0.3) is 5.69 Å². The summed E-state index contributed by atoms with van der Waals surface area (Å²) in [6.45, 7) is 1.77. The van der Waals surface area contributed by atoms with E-state index in [0.717, 1.165) is 37.3 Å². The van der Waals surface area contributed by atoms with Crippen LogP contribution in [0.2, 0.25) is 0 Å². The fraction of sp³-hybridized carbons (Fsp3) is 0.429. The second-order valence-electron chi connectivity index (χ2n) is 5.00. The van der Waals surface area contributed by atoms with Gasteiger partial charge in [0.1, 0.15) is 5.60 Å². The summed E-state index contributed by atoms with van der Waals surface area (Å²) in [6.07, 6.45) is 4.06. The molecule has 19 heavy (non-hydrogen) atoms. The van der Waals surface area contributed by atoms with Gasteiger partial charge in [0.05, 0.1) is 17.6 Å². The molecule has 0 radical (unpaired) electrons. The van der Waals surface area contributed by atoms with Crippen LogP contribution >= 0.6 is 0 Å². The molecule has 1 fully saturated rings. The third-order valence-corrected chi connectivity index (χ3v) is 3.69. The summed E-state index contributed by atoms with van der Waals surface area (Å²) < 4.78 is 1.74. The molecule has 5 heteroatoms. The standard InChI is InChI=1S/C14H18N4O/c19-14(7-4-9-15-10-8-14)13-11-16-17-18(13)12-5-2-1-3-6-12/h1-3,5-6,11,15,19H,4,7-10H2. The van der Waals surface area contributed by atoms with Gasteiger partial charge in [0.25, 0.3) is 0 Å². The summed E-state index contributed by atoms with van der Waals surface area (Å²) in [5.74, 6) is 0. The van der Waals surface area contributed by atoms with Crippen molar-refractivity contribution in [1.82, 2.24) is 20.3 Å². The van der Waals surface area contributed by atoms with E-state index in [9.17, 15) is 5.11 Å². The molecule has 1 aromatic carbocycles. The van der Waals surface area contributed by atoms with Crippen LogP contribution in [0.3, 0.4) is 0 Å². The molecule has 1 aliphatic heterocycles. The third kappa shape index (κ3) is 2.39. The number of rotatable bonds is 2. The van der Waals surface area contributed by atoms with Crippen LogP contribution in [0, 0.1) is 0 Å². The first-order valence-corrected chi connectivity index (χ1v) is 6.69. The molecule has 1 aromatic heterocycles. The number of aromatic nitrogens is 3. The van der Waals surface area contributed by atoms with Crippen molar-refractivity contribution in [3.8, 4) is 5.69 Å². The second-order valence-corrected chi connectivity index (χ2v) is 5.00. The number of aliphatic hydroxyl groups is 1. The Hall–Kier alpha value is -1.72. The predicted molar refractivity (Wildman–Crippen MR) is 72.0 cm³/mol. The molecule has 0 spiro atoms. The van der Waals surface area contributed by atoms with Crippen LogP contribution in [0.4, 0.5) is 0 Å². The molecule has 5 nitrogen and oxygen atoms in total. The molecule has 0 amide bonds. The molecule has 1 unspecified atom stereocenters. The smallest absolute Gasteiger partial charge is 0.110 e. The summed E-state index contributed by atoms with van der Waals surface area (Å²) in [5.41, 5.74) is 0.867. The van der Waals surface area contributed by atoms with E-state index in [2.05, 4.69) is 15.6 Å². The van der Waals surface area contributed by atoms with Crippen LogP contribution in [-0.4, -0.2) is 33.2 Å². The first-order valence-electron chi connectivity index (χ1n) is 6.69. The summed E-state index contributed by atoms with van der Waals surface area (Å²) in [5, 5.41) is 22.3. The molecule has 1 aliphatic rings. The lowest BCUT2D eigenvalue weighted by Crippen LogP contribution is -2.30. The molecule has 1 saturated heterocycles. The van der Waals surface area contributed by atoms with Crippen LogP contribution in [0.5, 0.6) is 0 Å². The zero-order chi connectivity index (χ0) is 13.1. The highest BCUT2D eigenvalue weighted by atomic mass is 16.3. The Morgan fingerprint density at radius 2 is 2.00 bits per heavy atom. The molecule has 2 heterocycles. The minimum absolute atomic E-state index is 0.688. The van der Waals surface area contributed by atoms with Gasteiger partial charge in [-0.1, -0.05) is 23.4 Å². The fourth-order valence-electron chi connectivity index (χ4n) is 2.62. The van der Waals surface area contributed by atoms with E-state index >= 15 is 0 Å². The van der Waals surface area contributed by atoms with E-state index in [1.165, 1.54) is 0 Å². The van der Waals surface area contributed by atoms with E-state index in [-0.39, 0.29) is 0 Å². The Kier molecular flexibility index (Phi) is 3.31. The van der Waals surface area contributed by atoms with Gasteiger partial charge in [-0.25, -0.2) is 4.68 Å². The molecular weight excluding hydrogens is 240 g/mol. The molecule has 100 valence electrons. The highest BCUT2D eigenvalue weighted by molar-refractivity contribution is 5.33. The number of hydrogen-bond donors (Lipinski definition) is 2. The highest BCUT2D eigenvalue weighted by Crippen LogP contribution is 2.31. The Morgan fingerprint density at radius 1 is 1.16 bits per heavy atom. The number of para-hydroxylation sites is 1. The molecule has 0 bridgehead atoms. The zero-order valence-electron chi connectivity index (χ0n) is 10.8. The van der Waals surface area contributed by atoms with E-state index in [0.29, 0.717) is 6.42 Å². The van der Waals surface area contributed by atoms with Crippen molar-refractivity contribution in [2.75, 3.05) is 13.1 Å². The zero-order valence-corrected chi connectivity index (χ0v) is 10.8. The third-order valence-electron chi connectivity index (χ3n) is 3.69. The van der Waals surface area contributed by atoms with Crippen LogP contribution in [0.15, 0.2) is 36.5 Å². The minimum Gasteiger partial charge on any atom is -0.383 e. The lowest BCUT2D eigenvalue weighted by Gasteiger charge is -2.26. The number of hydrogen-bond acceptors (Lipinski definition) is 4. The van der Waals surface area contributed by atoms with Crippen LogP contribution in [0.1, 0.15) is 25.0 Å². The van der Waals surface area contributed by atoms with E-state index in [4.69, 9.17) is 0 Å². The van der Waals surface area contributed by atoms with Crippen molar-refractivity contribution in [1.29, 1.82) is 0 Å². The Morgan fingerprint density at radius 3 is 2.84 bits per heavy atom. The van der Waals surface area contributed by atoms with Crippen molar-refractivity contribution >= 4 is 0 Å². The van der Waals surface area contributed by atoms with Gasteiger partial charge in [-0.2, -0.15) is 0 Å². The van der Waals surface area contributed by atoms with E-state index in [1.807, 2.05) is 30.3 Å². The maximum Gasteiger partial charge on any atom is 0.110 e. The van der Waals surface area contributed by atoms with Gasteiger partial charge < -0.3 is 10.4 Å². The average molecular weight is 258 g/mol. The quantitative estimate of drug-likeness (QED) is 0.850. The Bertz CT molecular complexity index is 529. The van der Waals surface area contributed by atoms with Gasteiger partial charge in [-0.3, -0.25) is 0 Å². The number of nitrogens with zero attached hydrogens (tertiary/aromatic N) is 3.